The lowest BCUT2D eigenvalue weighted by atomic mass is 10.2. The molecule has 1 amide bonds. The first-order chi connectivity index (χ1) is 9.24. The number of carbonyl (C=O) groups is 1. The smallest absolute Gasteiger partial charge is 0.244 e. The molecule has 1 unspecified atom stereocenters. The number of ether oxygens (including phenoxy) is 1. The number of hydrogen-bond acceptors (Lipinski definition) is 3. The minimum absolute atomic E-state index is 0.0742. The Labute approximate surface area is 113 Å². The van der Waals surface area contributed by atoms with Crippen LogP contribution in [0.2, 0.25) is 0 Å². The van der Waals surface area contributed by atoms with Gasteiger partial charge in [-0.1, -0.05) is 12.1 Å². The molecule has 2 rings (SSSR count). The molecule has 0 radical (unpaired) electrons. The molecule has 1 aliphatic heterocycles. The lowest BCUT2D eigenvalue weighted by molar-refractivity contribution is -0.116. The fraction of sp³-hybridized carbons (Fsp3) is 0.400. The lowest BCUT2D eigenvalue weighted by Crippen LogP contribution is -2.25. The van der Waals surface area contributed by atoms with E-state index in [1.54, 1.807) is 12.2 Å². The van der Waals surface area contributed by atoms with Crippen LogP contribution in [0.1, 0.15) is 24.8 Å². The molecule has 1 aromatic rings. The molecular formula is C15H20N2O2. The summed E-state index contributed by atoms with van der Waals surface area (Å²) in [6, 6.07) is 7.39. The zero-order valence-corrected chi connectivity index (χ0v) is 11.0. The Bertz CT molecular complexity index is 434. The summed E-state index contributed by atoms with van der Waals surface area (Å²) in [5, 5.41) is 2.86. The normalized spacial score (nSPS) is 18.8. The predicted octanol–water partition coefficient (Wildman–Crippen LogP) is 1.97. The van der Waals surface area contributed by atoms with E-state index in [0.717, 1.165) is 37.1 Å². The molecule has 4 nitrogen and oxygen atoms in total. The van der Waals surface area contributed by atoms with Gasteiger partial charge in [-0.3, -0.25) is 4.79 Å². The van der Waals surface area contributed by atoms with Gasteiger partial charge in [0.2, 0.25) is 5.91 Å². The van der Waals surface area contributed by atoms with Crippen LogP contribution >= 0.6 is 0 Å². The Morgan fingerprint density at radius 3 is 2.89 bits per heavy atom. The quantitative estimate of drug-likeness (QED) is 0.628. The zero-order chi connectivity index (χ0) is 13.5. The van der Waals surface area contributed by atoms with Crippen LogP contribution < -0.4 is 11.1 Å². The molecule has 0 saturated carbocycles. The summed E-state index contributed by atoms with van der Waals surface area (Å²) in [5.74, 6) is -0.0742. The summed E-state index contributed by atoms with van der Waals surface area (Å²) >= 11 is 0. The molecule has 0 aromatic heterocycles. The van der Waals surface area contributed by atoms with Gasteiger partial charge in [-0.15, -0.1) is 0 Å². The van der Waals surface area contributed by atoms with Gasteiger partial charge in [0.1, 0.15) is 0 Å². The highest BCUT2D eigenvalue weighted by atomic mass is 16.5. The number of carbonyl (C=O) groups excluding carboxylic acids is 1. The van der Waals surface area contributed by atoms with Gasteiger partial charge in [-0.2, -0.15) is 0 Å². The average Bonchev–Trinajstić information content (AvgIpc) is 2.91. The highest BCUT2D eigenvalue weighted by molar-refractivity contribution is 5.91. The van der Waals surface area contributed by atoms with Crippen molar-refractivity contribution in [2.75, 3.05) is 18.9 Å². The molecule has 1 heterocycles. The summed E-state index contributed by atoms with van der Waals surface area (Å²) in [6.45, 7) is 1.52. The molecule has 0 spiro atoms. The first-order valence-electron chi connectivity index (χ1n) is 6.67. The van der Waals surface area contributed by atoms with E-state index in [9.17, 15) is 4.79 Å². The SMILES string of the molecule is Nc1ccc(/C=C/C(=O)NCCC2CCCO2)cc1. The molecule has 1 saturated heterocycles. The van der Waals surface area contributed by atoms with Crippen LogP contribution in [0, 0.1) is 0 Å². The van der Waals surface area contributed by atoms with Crippen LogP contribution in [0.4, 0.5) is 5.69 Å². The molecule has 1 aliphatic rings. The molecule has 4 heteroatoms. The zero-order valence-electron chi connectivity index (χ0n) is 11.0. The molecule has 1 atom stereocenters. The van der Waals surface area contributed by atoms with Gasteiger partial charge in [-0.05, 0) is 43.0 Å². The van der Waals surface area contributed by atoms with Gasteiger partial charge in [0.25, 0.3) is 0 Å². The van der Waals surface area contributed by atoms with Gasteiger partial charge >= 0.3 is 0 Å². The Morgan fingerprint density at radius 2 is 2.21 bits per heavy atom. The number of nitrogens with two attached hydrogens (primary N) is 1. The van der Waals surface area contributed by atoms with Crippen LogP contribution in [-0.4, -0.2) is 25.2 Å². The van der Waals surface area contributed by atoms with Gasteiger partial charge in [0.05, 0.1) is 6.10 Å². The van der Waals surface area contributed by atoms with E-state index in [4.69, 9.17) is 10.5 Å². The Hall–Kier alpha value is -1.81. The number of rotatable bonds is 5. The van der Waals surface area contributed by atoms with Gasteiger partial charge < -0.3 is 15.8 Å². The minimum Gasteiger partial charge on any atom is -0.399 e. The molecule has 102 valence electrons. The Balaban J connectivity index is 1.69. The summed E-state index contributed by atoms with van der Waals surface area (Å²) in [4.78, 5) is 11.6. The molecule has 0 aliphatic carbocycles. The van der Waals surface area contributed by atoms with E-state index in [-0.39, 0.29) is 5.91 Å². The monoisotopic (exact) mass is 260 g/mol. The third-order valence-electron chi connectivity index (χ3n) is 3.15. The van der Waals surface area contributed by atoms with Crippen molar-refractivity contribution in [1.29, 1.82) is 0 Å². The van der Waals surface area contributed by atoms with Crippen LogP contribution in [-0.2, 0) is 9.53 Å². The van der Waals surface area contributed by atoms with Crippen molar-refractivity contribution in [1.82, 2.24) is 5.32 Å². The molecule has 1 aromatic carbocycles. The largest absolute Gasteiger partial charge is 0.399 e. The number of anilines is 1. The predicted molar refractivity (Wildman–Crippen MR) is 76.5 cm³/mol. The van der Waals surface area contributed by atoms with Crippen LogP contribution in [0.3, 0.4) is 0 Å². The third-order valence-corrected chi connectivity index (χ3v) is 3.15. The van der Waals surface area contributed by atoms with Gasteiger partial charge in [0, 0.05) is 24.9 Å². The second-order valence-corrected chi connectivity index (χ2v) is 4.71. The molecule has 19 heavy (non-hydrogen) atoms. The first kappa shape index (κ1) is 13.6. The van der Waals surface area contributed by atoms with E-state index >= 15 is 0 Å². The van der Waals surface area contributed by atoms with Crippen molar-refractivity contribution in [3.05, 3.63) is 35.9 Å². The van der Waals surface area contributed by atoms with E-state index < -0.39 is 0 Å². The summed E-state index contributed by atoms with van der Waals surface area (Å²) in [7, 11) is 0. The third kappa shape index (κ3) is 4.75. The fourth-order valence-electron chi connectivity index (χ4n) is 2.07. The van der Waals surface area contributed by atoms with E-state index in [0.29, 0.717) is 12.6 Å². The number of hydrogen-bond donors (Lipinski definition) is 2. The van der Waals surface area contributed by atoms with Crippen molar-refractivity contribution < 1.29 is 9.53 Å². The topological polar surface area (TPSA) is 64.4 Å². The number of nitrogen functional groups attached to an aromatic ring is 1. The average molecular weight is 260 g/mol. The Morgan fingerprint density at radius 1 is 1.42 bits per heavy atom. The van der Waals surface area contributed by atoms with E-state index in [1.807, 2.05) is 24.3 Å². The van der Waals surface area contributed by atoms with E-state index in [1.165, 1.54) is 0 Å². The fourth-order valence-corrected chi connectivity index (χ4v) is 2.07. The van der Waals surface area contributed by atoms with Crippen LogP contribution in [0.25, 0.3) is 6.08 Å². The standard InChI is InChI=1S/C15H20N2O2/c16-13-6-3-12(4-7-13)5-8-15(18)17-10-9-14-2-1-11-19-14/h3-8,14H,1-2,9-11,16H2,(H,17,18)/b8-5+. The second-order valence-electron chi connectivity index (χ2n) is 4.71. The van der Waals surface area contributed by atoms with Gasteiger partial charge in [0.15, 0.2) is 0 Å². The molecule has 0 bridgehead atoms. The summed E-state index contributed by atoms with van der Waals surface area (Å²) in [5.41, 5.74) is 7.27. The molecule has 3 N–H and O–H groups in total. The van der Waals surface area contributed by atoms with E-state index in [2.05, 4.69) is 5.32 Å². The highest BCUT2D eigenvalue weighted by Crippen LogP contribution is 2.14. The van der Waals surface area contributed by atoms with Crippen molar-refractivity contribution in [3.63, 3.8) is 0 Å². The maximum atomic E-state index is 11.6. The summed E-state index contributed by atoms with van der Waals surface area (Å²) in [6.07, 6.45) is 6.78. The Kier molecular flexibility index (Phi) is 4.98. The second kappa shape index (κ2) is 6.95. The number of amides is 1. The highest BCUT2D eigenvalue weighted by Gasteiger charge is 2.14. The first-order valence-corrected chi connectivity index (χ1v) is 6.67. The maximum Gasteiger partial charge on any atom is 0.244 e. The van der Waals surface area contributed by atoms with Crippen molar-refractivity contribution in [2.24, 2.45) is 0 Å². The molecular weight excluding hydrogens is 240 g/mol. The van der Waals surface area contributed by atoms with Crippen molar-refractivity contribution >= 4 is 17.7 Å². The molecule has 1 fully saturated rings. The van der Waals surface area contributed by atoms with Gasteiger partial charge in [-0.25, -0.2) is 0 Å². The number of nitrogens with one attached hydrogen (secondary N) is 1. The summed E-state index contributed by atoms with van der Waals surface area (Å²) < 4.78 is 5.49. The lowest BCUT2D eigenvalue weighted by Gasteiger charge is -2.08. The van der Waals surface area contributed by atoms with Crippen molar-refractivity contribution in [2.45, 2.75) is 25.4 Å². The van der Waals surface area contributed by atoms with Crippen LogP contribution in [0.15, 0.2) is 30.3 Å². The van der Waals surface area contributed by atoms with Crippen LogP contribution in [0.5, 0.6) is 0 Å². The maximum absolute atomic E-state index is 11.6. The number of benzene rings is 1. The minimum atomic E-state index is -0.0742. The van der Waals surface area contributed by atoms with Crippen molar-refractivity contribution in [3.8, 4) is 0 Å².